The molecule has 0 aliphatic carbocycles. The van der Waals surface area contributed by atoms with Crippen LogP contribution in [0.1, 0.15) is 29.9 Å². The first-order chi connectivity index (χ1) is 11.5. The zero-order chi connectivity index (χ0) is 17.3. The minimum atomic E-state index is -0.317. The van der Waals surface area contributed by atoms with E-state index in [0.29, 0.717) is 16.7 Å². The molecule has 3 nitrogen and oxygen atoms in total. The van der Waals surface area contributed by atoms with E-state index in [0.717, 1.165) is 23.1 Å². The maximum Gasteiger partial charge on any atom is 0.308 e. The number of carbonyl (C=O) groups excluding carboxylic acids is 1. The van der Waals surface area contributed by atoms with Crippen molar-refractivity contribution >= 4 is 33.5 Å². The summed E-state index contributed by atoms with van der Waals surface area (Å²) in [6.07, 6.45) is 0. The van der Waals surface area contributed by atoms with Crippen LogP contribution in [0.25, 0.3) is 0 Å². The summed E-state index contributed by atoms with van der Waals surface area (Å²) in [6, 6.07) is 13.8. The fourth-order valence-electron chi connectivity index (χ4n) is 3.46. The molecule has 1 aliphatic heterocycles. The Morgan fingerprint density at radius 2 is 1.83 bits per heavy atom. The molecule has 0 spiro atoms. The van der Waals surface area contributed by atoms with Crippen LogP contribution in [0.4, 0.5) is 0 Å². The Kier molecular flexibility index (Phi) is 5.28. The number of rotatable bonds is 3. The number of esters is 1. The van der Waals surface area contributed by atoms with Crippen molar-refractivity contribution in [3.05, 3.63) is 63.1 Å². The largest absolute Gasteiger partial charge is 0.426 e. The molecule has 0 aromatic heterocycles. The Bertz CT molecular complexity index is 765. The second kappa shape index (κ2) is 7.26. The van der Waals surface area contributed by atoms with Gasteiger partial charge in [-0.25, -0.2) is 0 Å². The van der Waals surface area contributed by atoms with Gasteiger partial charge in [-0.1, -0.05) is 45.7 Å². The number of ether oxygens (including phenoxy) is 1. The van der Waals surface area contributed by atoms with Gasteiger partial charge in [-0.15, -0.1) is 0 Å². The first-order valence-electron chi connectivity index (χ1n) is 7.86. The molecule has 2 atom stereocenters. The smallest absolute Gasteiger partial charge is 0.308 e. The highest BCUT2D eigenvalue weighted by atomic mass is 79.9. The predicted molar refractivity (Wildman–Crippen MR) is 99.9 cm³/mol. The van der Waals surface area contributed by atoms with Gasteiger partial charge < -0.3 is 9.64 Å². The molecule has 3 rings (SSSR count). The molecule has 2 aromatic rings. The van der Waals surface area contributed by atoms with E-state index in [2.05, 4.69) is 46.1 Å². The van der Waals surface area contributed by atoms with E-state index in [-0.39, 0.29) is 11.9 Å². The maximum atomic E-state index is 11.5. The number of hydrogen-bond donors (Lipinski definition) is 0. The van der Waals surface area contributed by atoms with E-state index in [4.69, 9.17) is 16.3 Å². The van der Waals surface area contributed by atoms with Crippen LogP contribution in [0, 0.1) is 0 Å². The molecule has 1 heterocycles. The standard InChI is InChI=1S/C19H19BrClNO2/c1-12(23)24-19-8-7-13(21)9-15(19)17-11-22(2)10-16(17)14-5-3-4-6-18(14)20/h3-9,16-17H,10-11H2,1-2H3/t16-,17?/m1/s1. The van der Waals surface area contributed by atoms with Crippen molar-refractivity contribution in [2.75, 3.05) is 20.1 Å². The van der Waals surface area contributed by atoms with Crippen molar-refractivity contribution in [1.82, 2.24) is 4.90 Å². The lowest BCUT2D eigenvalue weighted by molar-refractivity contribution is -0.131. The second-order valence-corrected chi connectivity index (χ2v) is 7.52. The Hall–Kier alpha value is -1.36. The summed E-state index contributed by atoms with van der Waals surface area (Å²) in [4.78, 5) is 13.8. The van der Waals surface area contributed by atoms with Crippen molar-refractivity contribution in [3.8, 4) is 5.75 Å². The average Bonchev–Trinajstić information content (AvgIpc) is 2.90. The lowest BCUT2D eigenvalue weighted by Crippen LogP contribution is -2.14. The quantitative estimate of drug-likeness (QED) is 0.537. The van der Waals surface area contributed by atoms with Gasteiger partial charge in [-0.3, -0.25) is 4.79 Å². The van der Waals surface area contributed by atoms with Crippen LogP contribution in [-0.4, -0.2) is 31.0 Å². The molecule has 0 radical (unpaired) electrons. The average molecular weight is 409 g/mol. The van der Waals surface area contributed by atoms with E-state index in [1.807, 2.05) is 12.1 Å². The first-order valence-corrected chi connectivity index (χ1v) is 9.03. The van der Waals surface area contributed by atoms with Gasteiger partial charge >= 0.3 is 5.97 Å². The van der Waals surface area contributed by atoms with Crippen molar-refractivity contribution in [1.29, 1.82) is 0 Å². The molecule has 0 saturated carbocycles. The zero-order valence-electron chi connectivity index (χ0n) is 13.6. The number of nitrogens with zero attached hydrogens (tertiary/aromatic N) is 1. The highest BCUT2D eigenvalue weighted by Crippen LogP contribution is 2.45. The molecule has 126 valence electrons. The minimum absolute atomic E-state index is 0.210. The second-order valence-electron chi connectivity index (χ2n) is 6.23. The number of carbonyl (C=O) groups is 1. The highest BCUT2D eigenvalue weighted by Gasteiger charge is 2.36. The van der Waals surface area contributed by atoms with Crippen LogP contribution in [0.2, 0.25) is 5.02 Å². The third kappa shape index (κ3) is 3.66. The van der Waals surface area contributed by atoms with Gasteiger partial charge in [0.1, 0.15) is 5.75 Å². The first kappa shape index (κ1) is 17.5. The van der Waals surface area contributed by atoms with Gasteiger partial charge in [0.05, 0.1) is 0 Å². The summed E-state index contributed by atoms with van der Waals surface area (Å²) in [5.41, 5.74) is 2.25. The van der Waals surface area contributed by atoms with Crippen LogP contribution in [-0.2, 0) is 4.79 Å². The summed E-state index contributed by atoms with van der Waals surface area (Å²) >= 11 is 9.90. The van der Waals surface area contributed by atoms with Gasteiger partial charge in [-0.2, -0.15) is 0 Å². The predicted octanol–water partition coefficient (Wildman–Crippen LogP) is 4.84. The fraction of sp³-hybridized carbons (Fsp3) is 0.316. The Balaban J connectivity index is 2.05. The van der Waals surface area contributed by atoms with Crippen LogP contribution < -0.4 is 4.74 Å². The molecule has 1 unspecified atom stereocenters. The van der Waals surface area contributed by atoms with Gasteiger partial charge in [-0.05, 0) is 36.9 Å². The van der Waals surface area contributed by atoms with Crippen molar-refractivity contribution in [2.24, 2.45) is 0 Å². The lowest BCUT2D eigenvalue weighted by atomic mass is 9.83. The van der Waals surface area contributed by atoms with Gasteiger partial charge in [0.15, 0.2) is 0 Å². The fourth-order valence-corrected chi connectivity index (χ4v) is 4.22. The molecule has 0 N–H and O–H groups in total. The number of likely N-dealkylation sites (tertiary alicyclic amines) is 1. The van der Waals surface area contributed by atoms with Crippen LogP contribution >= 0.6 is 27.5 Å². The maximum absolute atomic E-state index is 11.5. The van der Waals surface area contributed by atoms with Crippen LogP contribution in [0.5, 0.6) is 5.75 Å². The minimum Gasteiger partial charge on any atom is -0.426 e. The van der Waals surface area contributed by atoms with Gasteiger partial charge in [0, 0.05) is 46.9 Å². The number of halogens is 2. The van der Waals surface area contributed by atoms with E-state index >= 15 is 0 Å². The summed E-state index contributed by atoms with van der Waals surface area (Å²) in [5, 5.41) is 0.654. The molecule has 0 amide bonds. The van der Waals surface area contributed by atoms with E-state index < -0.39 is 0 Å². The Morgan fingerprint density at radius 3 is 2.50 bits per heavy atom. The lowest BCUT2D eigenvalue weighted by Gasteiger charge is -2.22. The zero-order valence-corrected chi connectivity index (χ0v) is 16.0. The third-order valence-electron chi connectivity index (χ3n) is 4.43. The highest BCUT2D eigenvalue weighted by molar-refractivity contribution is 9.10. The summed E-state index contributed by atoms with van der Waals surface area (Å²) < 4.78 is 6.54. The van der Waals surface area contributed by atoms with Gasteiger partial charge in [0.25, 0.3) is 0 Å². The van der Waals surface area contributed by atoms with Gasteiger partial charge in [0.2, 0.25) is 0 Å². The molecular weight excluding hydrogens is 390 g/mol. The van der Waals surface area contributed by atoms with Crippen LogP contribution in [0.3, 0.4) is 0 Å². The topological polar surface area (TPSA) is 29.5 Å². The summed E-state index contributed by atoms with van der Waals surface area (Å²) in [6.45, 7) is 3.25. The number of likely N-dealkylation sites (N-methyl/N-ethyl adjacent to an activating group) is 1. The molecule has 1 saturated heterocycles. The van der Waals surface area contributed by atoms with Crippen LogP contribution in [0.15, 0.2) is 46.9 Å². The molecule has 5 heteroatoms. The van der Waals surface area contributed by atoms with E-state index in [1.54, 1.807) is 12.1 Å². The summed E-state index contributed by atoms with van der Waals surface area (Å²) in [7, 11) is 2.11. The summed E-state index contributed by atoms with van der Waals surface area (Å²) in [5.74, 6) is 0.798. The number of hydrogen-bond acceptors (Lipinski definition) is 3. The van der Waals surface area contributed by atoms with Crippen molar-refractivity contribution in [3.63, 3.8) is 0 Å². The van der Waals surface area contributed by atoms with Crippen molar-refractivity contribution < 1.29 is 9.53 Å². The van der Waals surface area contributed by atoms with E-state index in [1.165, 1.54) is 12.5 Å². The molecule has 2 aromatic carbocycles. The Morgan fingerprint density at radius 1 is 1.17 bits per heavy atom. The SMILES string of the molecule is CC(=O)Oc1ccc(Cl)cc1C1CN(C)C[C@@H]1c1ccccc1Br. The molecule has 1 fully saturated rings. The monoisotopic (exact) mass is 407 g/mol. The molecule has 1 aliphatic rings. The normalized spacial score (nSPS) is 21.0. The van der Waals surface area contributed by atoms with Crippen molar-refractivity contribution in [2.45, 2.75) is 18.8 Å². The molecule has 0 bridgehead atoms. The number of benzene rings is 2. The third-order valence-corrected chi connectivity index (χ3v) is 5.39. The Labute approximate surface area is 155 Å². The molecule has 24 heavy (non-hydrogen) atoms. The molecular formula is C19H19BrClNO2. The van der Waals surface area contributed by atoms with E-state index in [9.17, 15) is 4.79 Å².